The summed E-state index contributed by atoms with van der Waals surface area (Å²) in [6.07, 6.45) is 0.966. The van der Waals surface area contributed by atoms with Crippen molar-refractivity contribution >= 4 is 23.6 Å². The Kier molecular flexibility index (Phi) is 8.55. The zero-order chi connectivity index (χ0) is 34.2. The van der Waals surface area contributed by atoms with Gasteiger partial charge in [-0.3, -0.25) is 9.59 Å². The molecule has 0 N–H and O–H groups in total. The molecule has 1 aromatic heterocycles. The number of nitrogens with zero attached hydrogens (tertiary/aromatic N) is 4. The molecule has 2 aliphatic heterocycles. The molecule has 1 atom stereocenters. The molecule has 7 rings (SSSR count). The summed E-state index contributed by atoms with van der Waals surface area (Å²) in [4.78, 5) is 47.0. The summed E-state index contributed by atoms with van der Waals surface area (Å²) < 4.78 is 7.67. The van der Waals surface area contributed by atoms with E-state index in [1.807, 2.05) is 96.2 Å². The number of carbonyl (C=O) groups is 3. The highest BCUT2D eigenvalue weighted by Gasteiger charge is 2.32. The van der Waals surface area contributed by atoms with Gasteiger partial charge in [0.05, 0.1) is 5.56 Å². The van der Waals surface area contributed by atoms with Crippen LogP contribution in [0.3, 0.4) is 0 Å². The third-order valence-electron chi connectivity index (χ3n) is 10.0. The number of fused-ring (bicyclic) bond motifs is 2. The fourth-order valence-corrected chi connectivity index (χ4v) is 7.04. The third-order valence-corrected chi connectivity index (χ3v) is 10.0. The number of aromatic nitrogens is 1. The minimum atomic E-state index is -0.418. The fraction of sp³-hybridized carbons (Fsp3) is 0.244. The molecule has 0 fully saturated rings. The summed E-state index contributed by atoms with van der Waals surface area (Å²) in [6.45, 7) is 5.37. The van der Waals surface area contributed by atoms with Crippen LogP contribution in [0.4, 0.5) is 10.5 Å². The second kappa shape index (κ2) is 13.1. The molecular weight excluding hydrogens is 612 g/mol. The van der Waals surface area contributed by atoms with Crippen molar-refractivity contribution in [2.24, 2.45) is 7.05 Å². The first kappa shape index (κ1) is 31.9. The minimum absolute atomic E-state index is 0.00422. The van der Waals surface area contributed by atoms with Gasteiger partial charge in [-0.2, -0.15) is 0 Å². The van der Waals surface area contributed by atoms with E-state index in [-0.39, 0.29) is 17.9 Å². The maximum atomic E-state index is 14.7. The normalized spacial score (nSPS) is 15.3. The summed E-state index contributed by atoms with van der Waals surface area (Å²) in [7, 11) is 3.72. The average Bonchev–Trinajstić information content (AvgIpc) is 3.43. The number of ether oxygens (including phenoxy) is 1. The van der Waals surface area contributed by atoms with Gasteiger partial charge in [0.2, 0.25) is 0 Å². The summed E-state index contributed by atoms with van der Waals surface area (Å²) in [6, 6.07) is 32.9. The molecule has 0 aliphatic carbocycles. The highest BCUT2D eigenvalue weighted by molar-refractivity contribution is 6.08. The molecule has 5 aromatic rings. The maximum absolute atomic E-state index is 14.7. The van der Waals surface area contributed by atoms with E-state index in [1.54, 1.807) is 29.0 Å². The van der Waals surface area contributed by atoms with Crippen LogP contribution in [0, 0.1) is 6.92 Å². The number of hydrogen-bond donors (Lipinski definition) is 0. The van der Waals surface area contributed by atoms with Crippen molar-refractivity contribution in [2.75, 3.05) is 18.5 Å². The molecule has 248 valence electrons. The molecule has 49 heavy (non-hydrogen) atoms. The van der Waals surface area contributed by atoms with Gasteiger partial charge in [-0.05, 0) is 91.4 Å². The van der Waals surface area contributed by atoms with Gasteiger partial charge in [-0.1, -0.05) is 60.7 Å². The predicted octanol–water partition coefficient (Wildman–Crippen LogP) is 7.42. The monoisotopic (exact) mass is 652 g/mol. The number of carbonyl (C=O) groups excluding carboxylic acids is 3. The van der Waals surface area contributed by atoms with Crippen molar-refractivity contribution in [1.82, 2.24) is 14.4 Å². The molecule has 8 heteroatoms. The van der Waals surface area contributed by atoms with Gasteiger partial charge in [-0.15, -0.1) is 0 Å². The Labute approximate surface area is 287 Å². The predicted molar refractivity (Wildman–Crippen MR) is 191 cm³/mol. The van der Waals surface area contributed by atoms with Crippen LogP contribution in [0.2, 0.25) is 0 Å². The van der Waals surface area contributed by atoms with Crippen LogP contribution < -0.4 is 9.64 Å². The Morgan fingerprint density at radius 2 is 1.45 bits per heavy atom. The lowest BCUT2D eigenvalue weighted by atomic mass is 9.90. The van der Waals surface area contributed by atoms with E-state index in [0.29, 0.717) is 42.9 Å². The molecule has 4 aromatic carbocycles. The fourth-order valence-electron chi connectivity index (χ4n) is 7.04. The van der Waals surface area contributed by atoms with E-state index < -0.39 is 6.09 Å². The van der Waals surface area contributed by atoms with Crippen LogP contribution in [-0.4, -0.2) is 51.9 Å². The first-order valence-corrected chi connectivity index (χ1v) is 16.7. The van der Waals surface area contributed by atoms with Crippen molar-refractivity contribution in [1.29, 1.82) is 0 Å². The Hall–Kier alpha value is -5.63. The Bertz CT molecular complexity index is 2050. The largest absolute Gasteiger partial charge is 0.415 e. The number of anilines is 1. The molecular formula is C41H40N4O4. The Morgan fingerprint density at radius 3 is 2.18 bits per heavy atom. The van der Waals surface area contributed by atoms with Crippen LogP contribution in [-0.2, 0) is 33.0 Å². The standard InChI is InChI=1S/C41H40N4O4/c1-27-21-29-13-11-12-14-31(29)26-45(27)40(47)37-23-32-25-44(41(48)49-34-17-9-6-10-18-34)20-19-30(32)22-36(37)38-24-35(28(2)42(38)3)39(46)43(4)33-15-7-5-8-16-33/h5-18,22-24,27H,19-21,25-26H2,1-4H3/t27-/m1/s1. The van der Waals surface area contributed by atoms with Crippen molar-refractivity contribution in [3.8, 4) is 17.0 Å². The summed E-state index contributed by atoms with van der Waals surface area (Å²) in [5, 5.41) is 0. The Morgan fingerprint density at radius 1 is 0.776 bits per heavy atom. The van der Waals surface area contributed by atoms with Crippen LogP contribution >= 0.6 is 0 Å². The number of rotatable bonds is 5. The van der Waals surface area contributed by atoms with Gasteiger partial charge < -0.3 is 24.0 Å². The zero-order valence-corrected chi connectivity index (χ0v) is 28.3. The average molecular weight is 653 g/mol. The highest BCUT2D eigenvalue weighted by atomic mass is 16.6. The maximum Gasteiger partial charge on any atom is 0.415 e. The van der Waals surface area contributed by atoms with E-state index in [0.717, 1.165) is 45.7 Å². The van der Waals surface area contributed by atoms with Crippen LogP contribution in [0.15, 0.2) is 103 Å². The topological polar surface area (TPSA) is 75.1 Å². The molecule has 8 nitrogen and oxygen atoms in total. The molecule has 0 saturated heterocycles. The van der Waals surface area contributed by atoms with E-state index in [4.69, 9.17) is 4.74 Å². The van der Waals surface area contributed by atoms with Gasteiger partial charge in [-0.25, -0.2) is 4.79 Å². The molecule has 2 aliphatic rings. The third kappa shape index (κ3) is 6.10. The van der Waals surface area contributed by atoms with E-state index in [1.165, 1.54) is 5.56 Å². The SMILES string of the molecule is Cc1c(C(=O)N(C)c2ccccc2)cc(-c2cc3c(cc2C(=O)N2Cc4ccccc4C[C@H]2C)CN(C(=O)Oc2ccccc2)CC3)n1C. The molecule has 0 unspecified atom stereocenters. The van der Waals surface area contributed by atoms with Crippen LogP contribution in [0.25, 0.3) is 11.3 Å². The van der Waals surface area contributed by atoms with Crippen molar-refractivity contribution in [2.45, 2.75) is 45.8 Å². The van der Waals surface area contributed by atoms with Gasteiger partial charge >= 0.3 is 6.09 Å². The minimum Gasteiger partial charge on any atom is -0.410 e. The highest BCUT2D eigenvalue weighted by Crippen LogP contribution is 2.36. The molecule has 3 heterocycles. The summed E-state index contributed by atoms with van der Waals surface area (Å²) in [5.74, 6) is 0.299. The van der Waals surface area contributed by atoms with Gasteiger partial charge in [0, 0.05) is 68.0 Å². The number of para-hydroxylation sites is 2. The van der Waals surface area contributed by atoms with Gasteiger partial charge in [0.25, 0.3) is 11.8 Å². The number of hydrogen-bond acceptors (Lipinski definition) is 4. The van der Waals surface area contributed by atoms with Gasteiger partial charge in [0.15, 0.2) is 0 Å². The zero-order valence-electron chi connectivity index (χ0n) is 28.3. The number of benzene rings is 4. The molecule has 0 bridgehead atoms. The van der Waals surface area contributed by atoms with E-state index in [9.17, 15) is 14.4 Å². The first-order valence-electron chi connectivity index (χ1n) is 16.7. The number of amides is 3. The molecule has 0 saturated carbocycles. The van der Waals surface area contributed by atoms with E-state index in [2.05, 4.69) is 25.1 Å². The van der Waals surface area contributed by atoms with Crippen molar-refractivity contribution in [3.05, 3.63) is 142 Å². The molecule has 0 spiro atoms. The summed E-state index contributed by atoms with van der Waals surface area (Å²) >= 11 is 0. The second-order valence-corrected chi connectivity index (χ2v) is 13.1. The van der Waals surface area contributed by atoms with Crippen LogP contribution in [0.5, 0.6) is 5.75 Å². The van der Waals surface area contributed by atoms with E-state index >= 15 is 0 Å². The molecule has 0 radical (unpaired) electrons. The Balaban J connectivity index is 1.28. The second-order valence-electron chi connectivity index (χ2n) is 13.1. The van der Waals surface area contributed by atoms with Gasteiger partial charge in [0.1, 0.15) is 5.75 Å². The smallest absolute Gasteiger partial charge is 0.410 e. The summed E-state index contributed by atoms with van der Waals surface area (Å²) in [5.41, 5.74) is 8.72. The quantitative estimate of drug-likeness (QED) is 0.198. The lowest BCUT2D eigenvalue weighted by Gasteiger charge is -2.36. The van der Waals surface area contributed by atoms with Crippen molar-refractivity contribution < 1.29 is 19.1 Å². The lowest BCUT2D eigenvalue weighted by molar-refractivity contribution is 0.0658. The lowest BCUT2D eigenvalue weighted by Crippen LogP contribution is -2.43. The molecule has 3 amide bonds. The van der Waals surface area contributed by atoms with Crippen LogP contribution in [0.1, 0.15) is 55.6 Å². The van der Waals surface area contributed by atoms with Crippen molar-refractivity contribution in [3.63, 3.8) is 0 Å². The first-order chi connectivity index (χ1) is 23.7.